The maximum Gasteiger partial charge on any atom is 0.306 e. The van der Waals surface area contributed by atoms with Crippen LogP contribution in [0.2, 0.25) is 0 Å². The molecule has 1 heterocycles. The molecule has 0 aromatic heterocycles. The summed E-state index contributed by atoms with van der Waals surface area (Å²) in [6.45, 7) is 0.0820. The molecule has 7 nitrogen and oxygen atoms in total. The first-order chi connectivity index (χ1) is 13.8. The van der Waals surface area contributed by atoms with Gasteiger partial charge in [0.2, 0.25) is 0 Å². The van der Waals surface area contributed by atoms with Gasteiger partial charge in [-0.1, -0.05) is 12.1 Å². The van der Waals surface area contributed by atoms with Crippen molar-refractivity contribution in [1.82, 2.24) is 0 Å². The van der Waals surface area contributed by atoms with Gasteiger partial charge in [0.05, 0.1) is 18.6 Å². The SMILES string of the molecule is COc1ccc(NC(=O)c2ccc(COC(=O)C[C@@H]3CCS(=O)(=O)C3)cc2)cc1. The molecule has 1 N–H and O–H groups in total. The van der Waals surface area contributed by atoms with Crippen LogP contribution in [-0.4, -0.2) is 38.9 Å². The van der Waals surface area contributed by atoms with Gasteiger partial charge in [-0.2, -0.15) is 0 Å². The van der Waals surface area contributed by atoms with Gasteiger partial charge in [-0.15, -0.1) is 0 Å². The molecule has 1 saturated heterocycles. The molecule has 3 rings (SSSR count). The van der Waals surface area contributed by atoms with Crippen LogP contribution in [-0.2, 0) is 26.0 Å². The Bertz CT molecular complexity index is 967. The van der Waals surface area contributed by atoms with Crippen LogP contribution in [0.5, 0.6) is 5.75 Å². The van der Waals surface area contributed by atoms with E-state index in [9.17, 15) is 18.0 Å². The van der Waals surface area contributed by atoms with Crippen LogP contribution in [0.25, 0.3) is 0 Å². The first kappa shape index (κ1) is 20.9. The number of carbonyl (C=O) groups excluding carboxylic acids is 2. The molecule has 1 aliphatic heterocycles. The highest BCUT2D eigenvalue weighted by molar-refractivity contribution is 7.91. The number of esters is 1. The zero-order chi connectivity index (χ0) is 20.9. The number of anilines is 1. The second kappa shape index (κ2) is 9.09. The predicted molar refractivity (Wildman–Crippen MR) is 109 cm³/mol. The second-order valence-electron chi connectivity index (χ2n) is 7.01. The van der Waals surface area contributed by atoms with E-state index >= 15 is 0 Å². The summed E-state index contributed by atoms with van der Waals surface area (Å²) in [7, 11) is -1.42. The molecule has 154 valence electrons. The van der Waals surface area contributed by atoms with Crippen molar-refractivity contribution < 1.29 is 27.5 Å². The number of rotatable bonds is 7. The van der Waals surface area contributed by atoms with Crippen LogP contribution >= 0.6 is 0 Å². The Morgan fingerprint density at radius 2 is 1.76 bits per heavy atom. The molecule has 1 atom stereocenters. The number of benzene rings is 2. The average Bonchev–Trinajstić information content (AvgIpc) is 3.05. The molecule has 1 fully saturated rings. The Kier molecular flexibility index (Phi) is 6.53. The van der Waals surface area contributed by atoms with Crippen molar-refractivity contribution >= 4 is 27.4 Å². The quantitative estimate of drug-likeness (QED) is 0.696. The fourth-order valence-corrected chi connectivity index (χ4v) is 4.98. The maximum absolute atomic E-state index is 12.3. The van der Waals surface area contributed by atoms with Gasteiger partial charge in [0.15, 0.2) is 9.84 Å². The number of hydrogen-bond acceptors (Lipinski definition) is 6. The smallest absolute Gasteiger partial charge is 0.306 e. The lowest BCUT2D eigenvalue weighted by Crippen LogP contribution is -2.13. The van der Waals surface area contributed by atoms with Gasteiger partial charge in [-0.25, -0.2) is 8.42 Å². The minimum atomic E-state index is -3.00. The minimum Gasteiger partial charge on any atom is -0.497 e. The van der Waals surface area contributed by atoms with E-state index in [1.165, 1.54) is 0 Å². The van der Waals surface area contributed by atoms with Crippen LogP contribution in [0, 0.1) is 5.92 Å². The largest absolute Gasteiger partial charge is 0.497 e. The summed E-state index contributed by atoms with van der Waals surface area (Å²) in [6.07, 6.45) is 0.622. The molecule has 0 radical (unpaired) electrons. The molecule has 0 saturated carbocycles. The van der Waals surface area contributed by atoms with E-state index in [1.807, 2.05) is 0 Å². The Hall–Kier alpha value is -2.87. The van der Waals surface area contributed by atoms with Gasteiger partial charge in [0, 0.05) is 17.7 Å². The Morgan fingerprint density at radius 3 is 2.34 bits per heavy atom. The molecular weight excluding hydrogens is 394 g/mol. The van der Waals surface area contributed by atoms with Crippen LogP contribution in [0.15, 0.2) is 48.5 Å². The number of sulfone groups is 1. The first-order valence-electron chi connectivity index (χ1n) is 9.25. The molecule has 1 aliphatic rings. The number of amides is 1. The minimum absolute atomic E-state index is 0.0557. The normalized spacial score (nSPS) is 17.5. The molecule has 0 unspecified atom stereocenters. The highest BCUT2D eigenvalue weighted by atomic mass is 32.2. The summed E-state index contributed by atoms with van der Waals surface area (Å²) in [5.41, 5.74) is 1.88. The topological polar surface area (TPSA) is 98.8 Å². The van der Waals surface area contributed by atoms with Gasteiger partial charge in [0.1, 0.15) is 12.4 Å². The summed E-state index contributed by atoms with van der Waals surface area (Å²) in [4.78, 5) is 24.2. The molecule has 0 bridgehead atoms. The summed E-state index contributed by atoms with van der Waals surface area (Å²) in [5, 5.41) is 2.80. The molecule has 0 aliphatic carbocycles. The fourth-order valence-electron chi connectivity index (χ4n) is 3.12. The van der Waals surface area contributed by atoms with Crippen LogP contribution in [0.3, 0.4) is 0 Å². The third kappa shape index (κ3) is 6.05. The van der Waals surface area contributed by atoms with E-state index in [0.717, 1.165) is 5.56 Å². The van der Waals surface area contributed by atoms with E-state index < -0.39 is 15.8 Å². The zero-order valence-electron chi connectivity index (χ0n) is 16.1. The average molecular weight is 417 g/mol. The van der Waals surface area contributed by atoms with Gasteiger partial charge >= 0.3 is 5.97 Å². The van der Waals surface area contributed by atoms with E-state index in [0.29, 0.717) is 23.4 Å². The Balaban J connectivity index is 1.47. The van der Waals surface area contributed by atoms with Crippen LogP contribution in [0.1, 0.15) is 28.8 Å². The monoisotopic (exact) mass is 417 g/mol. The summed E-state index contributed by atoms with van der Waals surface area (Å²) >= 11 is 0. The van der Waals surface area contributed by atoms with Gasteiger partial charge < -0.3 is 14.8 Å². The van der Waals surface area contributed by atoms with E-state index in [2.05, 4.69) is 5.32 Å². The number of ether oxygens (including phenoxy) is 2. The van der Waals surface area contributed by atoms with E-state index in [4.69, 9.17) is 9.47 Å². The number of nitrogens with one attached hydrogen (secondary N) is 1. The van der Waals surface area contributed by atoms with Crippen molar-refractivity contribution in [2.75, 3.05) is 23.9 Å². The summed E-state index contributed by atoms with van der Waals surface area (Å²) in [6, 6.07) is 13.8. The van der Waals surface area contributed by atoms with Crippen molar-refractivity contribution in [3.8, 4) is 5.75 Å². The third-order valence-electron chi connectivity index (χ3n) is 4.75. The number of carbonyl (C=O) groups is 2. The molecule has 8 heteroatoms. The van der Waals surface area contributed by atoms with Crippen molar-refractivity contribution in [3.05, 3.63) is 59.7 Å². The fraction of sp³-hybridized carbons (Fsp3) is 0.333. The molecule has 2 aromatic carbocycles. The Morgan fingerprint density at radius 1 is 1.07 bits per heavy atom. The number of hydrogen-bond donors (Lipinski definition) is 1. The summed E-state index contributed by atoms with van der Waals surface area (Å²) < 4.78 is 33.2. The zero-order valence-corrected chi connectivity index (χ0v) is 16.9. The van der Waals surface area contributed by atoms with Crippen molar-refractivity contribution in [1.29, 1.82) is 0 Å². The van der Waals surface area contributed by atoms with Gasteiger partial charge in [0.25, 0.3) is 5.91 Å². The van der Waals surface area contributed by atoms with Gasteiger partial charge in [-0.05, 0) is 54.3 Å². The molecule has 2 aromatic rings. The van der Waals surface area contributed by atoms with Crippen LogP contribution in [0.4, 0.5) is 5.69 Å². The third-order valence-corrected chi connectivity index (χ3v) is 6.58. The number of methoxy groups -OCH3 is 1. The lowest BCUT2D eigenvalue weighted by Gasteiger charge is -2.09. The summed E-state index contributed by atoms with van der Waals surface area (Å²) in [5.74, 6) is 0.0908. The van der Waals surface area contributed by atoms with Crippen molar-refractivity contribution in [2.24, 2.45) is 5.92 Å². The van der Waals surface area contributed by atoms with E-state index in [-0.39, 0.29) is 36.4 Å². The molecule has 0 spiro atoms. The maximum atomic E-state index is 12.3. The highest BCUT2D eigenvalue weighted by Gasteiger charge is 2.29. The predicted octanol–water partition coefficient (Wildman–Crippen LogP) is 2.82. The van der Waals surface area contributed by atoms with Crippen molar-refractivity contribution in [2.45, 2.75) is 19.4 Å². The lowest BCUT2D eigenvalue weighted by molar-refractivity contribution is -0.145. The van der Waals surface area contributed by atoms with Crippen LogP contribution < -0.4 is 10.1 Å². The lowest BCUT2D eigenvalue weighted by atomic mass is 10.1. The molecule has 1 amide bonds. The molecular formula is C21H23NO6S. The standard InChI is InChI=1S/C21H23NO6S/c1-27-19-8-6-18(7-9-19)22-21(24)17-4-2-15(3-5-17)13-28-20(23)12-16-10-11-29(25,26)14-16/h2-9,16H,10-14H2,1H3,(H,22,24)/t16-/m0/s1. The highest BCUT2D eigenvalue weighted by Crippen LogP contribution is 2.22. The molecule has 29 heavy (non-hydrogen) atoms. The second-order valence-corrected chi connectivity index (χ2v) is 9.24. The van der Waals surface area contributed by atoms with Crippen molar-refractivity contribution in [3.63, 3.8) is 0 Å². The van der Waals surface area contributed by atoms with E-state index in [1.54, 1.807) is 55.6 Å². The first-order valence-corrected chi connectivity index (χ1v) is 11.1. The Labute approximate surface area is 169 Å². The van der Waals surface area contributed by atoms with Gasteiger partial charge in [-0.3, -0.25) is 9.59 Å².